The van der Waals surface area contributed by atoms with E-state index in [0.717, 1.165) is 92.4 Å². The van der Waals surface area contributed by atoms with Crippen molar-refractivity contribution < 1.29 is 9.90 Å². The monoisotopic (exact) mass is 518 g/mol. The zero-order valence-corrected chi connectivity index (χ0v) is 23.3. The standard InChI is InChI=1S/C30H42N6O2/c1-5-6-19(2)33-30-31-17-26-27(18-36(28(26)34-30)24-7-9-25(37)10-8-24)22-11-13-35(14-12-22)29(38)23-15-20(3)32-21(4)16-23/h15-19,22,24-25,37H,5-14H2,1-4H3,(H,31,33,34)/t19-,24?,25?/m0/s1. The summed E-state index contributed by atoms with van der Waals surface area (Å²) in [4.78, 5) is 29.3. The number of nitrogens with one attached hydrogen (secondary N) is 1. The second-order valence-electron chi connectivity index (χ2n) is 11.4. The van der Waals surface area contributed by atoms with Crippen molar-refractivity contribution in [3.63, 3.8) is 0 Å². The lowest BCUT2D eigenvalue weighted by molar-refractivity contribution is 0.0712. The Kier molecular flexibility index (Phi) is 7.98. The molecule has 1 amide bonds. The maximum Gasteiger partial charge on any atom is 0.253 e. The summed E-state index contributed by atoms with van der Waals surface area (Å²) in [6.07, 6.45) is 11.7. The number of carbonyl (C=O) groups is 1. The normalized spacial score (nSPS) is 21.6. The Balaban J connectivity index is 1.38. The van der Waals surface area contributed by atoms with Crippen LogP contribution in [0, 0.1) is 13.8 Å². The maximum atomic E-state index is 13.2. The molecule has 1 aliphatic heterocycles. The third-order valence-corrected chi connectivity index (χ3v) is 8.31. The van der Waals surface area contributed by atoms with Crippen molar-refractivity contribution in [2.24, 2.45) is 0 Å². The van der Waals surface area contributed by atoms with Crippen LogP contribution >= 0.6 is 0 Å². The number of aliphatic hydroxyl groups excluding tert-OH is 1. The number of amides is 1. The zero-order chi connectivity index (χ0) is 26.8. The Morgan fingerprint density at radius 1 is 1.08 bits per heavy atom. The molecule has 1 aliphatic carbocycles. The fourth-order valence-electron chi connectivity index (χ4n) is 6.32. The van der Waals surface area contributed by atoms with Crippen molar-refractivity contribution in [3.8, 4) is 0 Å². The molecule has 204 valence electrons. The second-order valence-corrected chi connectivity index (χ2v) is 11.4. The summed E-state index contributed by atoms with van der Waals surface area (Å²) < 4.78 is 2.36. The van der Waals surface area contributed by atoms with Gasteiger partial charge in [-0.05, 0) is 89.3 Å². The van der Waals surface area contributed by atoms with Gasteiger partial charge in [-0.2, -0.15) is 4.98 Å². The lowest BCUT2D eigenvalue weighted by Gasteiger charge is -2.32. The molecule has 0 radical (unpaired) electrons. The third-order valence-electron chi connectivity index (χ3n) is 8.31. The van der Waals surface area contributed by atoms with Gasteiger partial charge in [0.05, 0.1) is 6.10 Å². The molecule has 0 unspecified atom stereocenters. The van der Waals surface area contributed by atoms with E-state index in [9.17, 15) is 9.90 Å². The average molecular weight is 519 g/mol. The molecule has 1 saturated heterocycles. The minimum atomic E-state index is -0.191. The fraction of sp³-hybridized carbons (Fsp3) is 0.600. The minimum absolute atomic E-state index is 0.0977. The van der Waals surface area contributed by atoms with E-state index in [1.165, 1.54) is 5.56 Å². The lowest BCUT2D eigenvalue weighted by Crippen LogP contribution is -2.38. The number of piperidine rings is 1. The lowest BCUT2D eigenvalue weighted by atomic mass is 9.89. The van der Waals surface area contributed by atoms with E-state index in [-0.39, 0.29) is 12.0 Å². The Morgan fingerprint density at radius 2 is 1.76 bits per heavy atom. The average Bonchev–Trinajstić information content (AvgIpc) is 3.27. The van der Waals surface area contributed by atoms with Gasteiger partial charge in [-0.25, -0.2) is 4.98 Å². The summed E-state index contributed by atoms with van der Waals surface area (Å²) in [6.45, 7) is 9.71. The first-order valence-electron chi connectivity index (χ1n) is 14.4. The van der Waals surface area contributed by atoms with Crippen molar-refractivity contribution >= 4 is 22.9 Å². The zero-order valence-electron chi connectivity index (χ0n) is 23.3. The molecule has 1 saturated carbocycles. The molecule has 3 aromatic rings. The molecule has 3 aromatic heterocycles. The summed E-state index contributed by atoms with van der Waals surface area (Å²) in [5, 5.41) is 14.7. The van der Waals surface area contributed by atoms with Crippen molar-refractivity contribution in [1.29, 1.82) is 0 Å². The first-order chi connectivity index (χ1) is 18.3. The van der Waals surface area contributed by atoms with Gasteiger partial charge in [0.25, 0.3) is 5.91 Å². The highest BCUT2D eigenvalue weighted by Gasteiger charge is 2.30. The van der Waals surface area contributed by atoms with Crippen molar-refractivity contribution in [1.82, 2.24) is 24.4 Å². The molecule has 1 atom stereocenters. The number of likely N-dealkylation sites (tertiary alicyclic amines) is 1. The van der Waals surface area contributed by atoms with Crippen molar-refractivity contribution in [2.75, 3.05) is 18.4 Å². The third kappa shape index (κ3) is 5.70. The number of aromatic nitrogens is 4. The smallest absolute Gasteiger partial charge is 0.253 e. The molecule has 2 fully saturated rings. The predicted molar refractivity (Wildman–Crippen MR) is 151 cm³/mol. The predicted octanol–water partition coefficient (Wildman–Crippen LogP) is 5.54. The summed E-state index contributed by atoms with van der Waals surface area (Å²) in [7, 11) is 0. The van der Waals surface area contributed by atoms with Gasteiger partial charge in [-0.3, -0.25) is 9.78 Å². The molecule has 8 heteroatoms. The number of pyridine rings is 1. The number of hydrogen-bond acceptors (Lipinski definition) is 6. The number of hydrogen-bond donors (Lipinski definition) is 2. The van der Waals surface area contributed by atoms with Crippen LogP contribution in [0.4, 0.5) is 5.95 Å². The number of aryl methyl sites for hydroxylation is 2. The van der Waals surface area contributed by atoms with Gasteiger partial charge in [0.2, 0.25) is 5.95 Å². The van der Waals surface area contributed by atoms with Crippen LogP contribution in [0.1, 0.15) is 104 Å². The highest BCUT2D eigenvalue weighted by Crippen LogP contribution is 2.38. The van der Waals surface area contributed by atoms with Crippen molar-refractivity contribution in [3.05, 3.63) is 47.0 Å². The van der Waals surface area contributed by atoms with Crippen LogP contribution in [0.2, 0.25) is 0 Å². The number of nitrogens with zero attached hydrogens (tertiary/aromatic N) is 5. The molecule has 0 bridgehead atoms. The molecule has 2 aliphatic rings. The summed E-state index contributed by atoms with van der Waals surface area (Å²) >= 11 is 0. The largest absolute Gasteiger partial charge is 0.393 e. The molecule has 5 rings (SSSR count). The maximum absolute atomic E-state index is 13.2. The van der Waals surface area contributed by atoms with Crippen LogP contribution in [0.5, 0.6) is 0 Å². The summed E-state index contributed by atoms with van der Waals surface area (Å²) in [6, 6.07) is 4.44. The molecule has 38 heavy (non-hydrogen) atoms. The van der Waals surface area contributed by atoms with Gasteiger partial charge < -0.3 is 19.9 Å². The molecule has 2 N–H and O–H groups in total. The Labute approximate surface area is 225 Å². The van der Waals surface area contributed by atoms with E-state index in [4.69, 9.17) is 9.97 Å². The molecule has 4 heterocycles. The van der Waals surface area contributed by atoms with E-state index in [2.05, 4.69) is 34.9 Å². The first-order valence-corrected chi connectivity index (χ1v) is 14.4. The summed E-state index contributed by atoms with van der Waals surface area (Å²) in [5.41, 5.74) is 4.77. The van der Waals surface area contributed by atoms with Crippen LogP contribution in [-0.2, 0) is 0 Å². The van der Waals surface area contributed by atoms with Crippen LogP contribution in [-0.4, -0.2) is 60.7 Å². The quantitative estimate of drug-likeness (QED) is 0.426. The Bertz CT molecular complexity index is 1250. The SMILES string of the molecule is CCC[C@H](C)Nc1ncc2c(C3CCN(C(=O)c4cc(C)nc(C)c4)CC3)cn(C3CCC(O)CC3)c2n1. The number of rotatable bonds is 7. The first kappa shape index (κ1) is 26.6. The number of anilines is 1. The highest BCUT2D eigenvalue weighted by molar-refractivity contribution is 5.94. The van der Waals surface area contributed by atoms with Gasteiger partial charge in [-0.15, -0.1) is 0 Å². The van der Waals surface area contributed by atoms with Crippen LogP contribution in [0.25, 0.3) is 11.0 Å². The molecular formula is C30H42N6O2. The molecular weight excluding hydrogens is 476 g/mol. The van der Waals surface area contributed by atoms with Crippen LogP contribution in [0.15, 0.2) is 24.5 Å². The van der Waals surface area contributed by atoms with E-state index < -0.39 is 0 Å². The fourth-order valence-corrected chi connectivity index (χ4v) is 6.32. The van der Waals surface area contributed by atoms with Crippen molar-refractivity contribution in [2.45, 2.75) is 103 Å². The van der Waals surface area contributed by atoms with Gasteiger partial charge in [0.1, 0.15) is 5.65 Å². The Hall–Kier alpha value is -3.00. The van der Waals surface area contributed by atoms with Gasteiger partial charge in [0, 0.05) is 59.9 Å². The minimum Gasteiger partial charge on any atom is -0.393 e. The van der Waals surface area contributed by atoms with Crippen LogP contribution < -0.4 is 5.32 Å². The van der Waals surface area contributed by atoms with E-state index in [1.54, 1.807) is 0 Å². The van der Waals surface area contributed by atoms with Gasteiger partial charge in [-0.1, -0.05) is 13.3 Å². The molecule has 0 spiro atoms. The highest BCUT2D eigenvalue weighted by atomic mass is 16.3. The van der Waals surface area contributed by atoms with E-state index in [1.807, 2.05) is 37.1 Å². The number of aliphatic hydroxyl groups is 1. The van der Waals surface area contributed by atoms with Gasteiger partial charge in [0.15, 0.2) is 0 Å². The van der Waals surface area contributed by atoms with E-state index in [0.29, 0.717) is 23.9 Å². The topological polar surface area (TPSA) is 96.2 Å². The molecule has 0 aromatic carbocycles. The Morgan fingerprint density at radius 3 is 2.42 bits per heavy atom. The summed E-state index contributed by atoms with van der Waals surface area (Å²) in [5.74, 6) is 1.14. The molecule has 8 nitrogen and oxygen atoms in total. The number of fused-ring (bicyclic) bond motifs is 1. The van der Waals surface area contributed by atoms with Gasteiger partial charge >= 0.3 is 0 Å². The van der Waals surface area contributed by atoms with E-state index >= 15 is 0 Å². The van der Waals surface area contributed by atoms with Crippen LogP contribution in [0.3, 0.4) is 0 Å². The number of carbonyl (C=O) groups excluding carboxylic acids is 1. The second kappa shape index (κ2) is 11.4.